The Bertz CT molecular complexity index is 865. The molecular weight excluding hydrogens is 316 g/mol. The number of fused-ring (bicyclic) bond motifs is 1. The van der Waals surface area contributed by atoms with Gasteiger partial charge in [0.25, 0.3) is 0 Å². The van der Waals surface area contributed by atoms with Crippen LogP contribution >= 0.6 is 0 Å². The molecule has 2 aromatic heterocycles. The first-order chi connectivity index (χ1) is 12.1. The third-order valence-electron chi connectivity index (χ3n) is 4.86. The van der Waals surface area contributed by atoms with Gasteiger partial charge in [-0.2, -0.15) is 5.10 Å². The minimum atomic E-state index is -0.306. The van der Waals surface area contributed by atoms with E-state index in [2.05, 4.69) is 15.3 Å². The van der Waals surface area contributed by atoms with E-state index in [0.717, 1.165) is 36.2 Å². The lowest BCUT2D eigenvalue weighted by Gasteiger charge is -2.18. The van der Waals surface area contributed by atoms with Crippen molar-refractivity contribution in [1.29, 1.82) is 0 Å². The van der Waals surface area contributed by atoms with Crippen LogP contribution in [0.25, 0.3) is 11.0 Å². The highest BCUT2D eigenvalue weighted by molar-refractivity contribution is 5.85. The molecule has 130 valence electrons. The third-order valence-corrected chi connectivity index (χ3v) is 4.86. The number of hydrogen-bond donors (Lipinski definition) is 1. The molecule has 0 saturated carbocycles. The summed E-state index contributed by atoms with van der Waals surface area (Å²) in [5.74, 6) is 0.415. The van der Waals surface area contributed by atoms with Crippen molar-refractivity contribution in [3.8, 4) is 0 Å². The van der Waals surface area contributed by atoms with Crippen LogP contribution in [0.1, 0.15) is 25.0 Å². The Hall–Kier alpha value is -2.76. The fourth-order valence-electron chi connectivity index (χ4n) is 3.36. The lowest BCUT2D eigenvalue weighted by Crippen LogP contribution is -2.39. The predicted octanol–water partition coefficient (Wildman–Crippen LogP) is 2.66. The lowest BCUT2D eigenvalue weighted by atomic mass is 10.1. The smallest absolute Gasteiger partial charge is 0.230 e. The van der Waals surface area contributed by atoms with Gasteiger partial charge in [-0.3, -0.25) is 9.48 Å². The van der Waals surface area contributed by atoms with Crippen molar-refractivity contribution in [3.05, 3.63) is 48.5 Å². The second kappa shape index (κ2) is 6.27. The quantitative estimate of drug-likeness (QED) is 0.794. The van der Waals surface area contributed by atoms with Gasteiger partial charge in [-0.1, -0.05) is 18.2 Å². The number of aryl methyl sites for hydroxylation is 1. The molecule has 0 spiro atoms. The van der Waals surface area contributed by atoms with Crippen LogP contribution in [0.5, 0.6) is 0 Å². The Morgan fingerprint density at radius 3 is 3.00 bits per heavy atom. The Morgan fingerprint density at radius 1 is 1.40 bits per heavy atom. The Morgan fingerprint density at radius 2 is 2.24 bits per heavy atom. The summed E-state index contributed by atoms with van der Waals surface area (Å²) in [5, 5.41) is 8.40. The zero-order valence-electron chi connectivity index (χ0n) is 14.5. The molecule has 0 bridgehead atoms. The summed E-state index contributed by atoms with van der Waals surface area (Å²) in [6, 6.07) is 9.93. The molecule has 25 heavy (non-hydrogen) atoms. The van der Waals surface area contributed by atoms with E-state index in [1.54, 1.807) is 4.68 Å². The van der Waals surface area contributed by atoms with E-state index in [1.807, 2.05) is 56.7 Å². The summed E-state index contributed by atoms with van der Waals surface area (Å²) in [4.78, 5) is 14.9. The van der Waals surface area contributed by atoms with Gasteiger partial charge < -0.3 is 14.6 Å². The van der Waals surface area contributed by atoms with Crippen LogP contribution < -0.4 is 10.2 Å². The van der Waals surface area contributed by atoms with Crippen LogP contribution in [-0.4, -0.2) is 34.8 Å². The number of benzene rings is 1. The molecular formula is C19H22N4O2. The monoisotopic (exact) mass is 338 g/mol. The van der Waals surface area contributed by atoms with E-state index >= 15 is 0 Å². The molecule has 3 aromatic rings. The zero-order valence-corrected chi connectivity index (χ0v) is 14.5. The zero-order chi connectivity index (χ0) is 17.4. The van der Waals surface area contributed by atoms with Gasteiger partial charge >= 0.3 is 0 Å². The second-order valence-electron chi connectivity index (χ2n) is 6.72. The third kappa shape index (κ3) is 3.12. The molecule has 1 aliphatic heterocycles. The van der Waals surface area contributed by atoms with Gasteiger partial charge in [0.15, 0.2) is 0 Å². The molecule has 1 saturated heterocycles. The maximum atomic E-state index is 12.6. The highest BCUT2D eigenvalue weighted by Crippen LogP contribution is 2.26. The average molecular weight is 338 g/mol. The fourth-order valence-corrected chi connectivity index (χ4v) is 3.36. The topological polar surface area (TPSA) is 63.3 Å². The van der Waals surface area contributed by atoms with Gasteiger partial charge in [0, 0.05) is 37.8 Å². The number of carbonyl (C=O) groups is 1. The molecule has 1 aromatic carbocycles. The highest BCUT2D eigenvalue weighted by Gasteiger charge is 2.27. The standard InChI is InChI=1S/C19H22N4O2/c1-13(18-9-14-5-3-4-6-17(14)25-18)19(24)21-15-7-8-23(11-15)16-10-20-22(2)12-16/h3-6,9-10,12-13,15H,7-8,11H2,1-2H3,(H,21,24)/t13-,15-/m1/s1. The van der Waals surface area contributed by atoms with Crippen LogP contribution in [0.4, 0.5) is 5.69 Å². The molecule has 0 unspecified atom stereocenters. The normalized spacial score (nSPS) is 18.6. The molecule has 1 fully saturated rings. The molecule has 1 aliphatic rings. The molecule has 6 heteroatoms. The van der Waals surface area contributed by atoms with E-state index < -0.39 is 0 Å². The molecule has 6 nitrogen and oxygen atoms in total. The van der Waals surface area contributed by atoms with Crippen molar-refractivity contribution in [1.82, 2.24) is 15.1 Å². The number of nitrogens with one attached hydrogen (secondary N) is 1. The number of para-hydroxylation sites is 1. The van der Waals surface area contributed by atoms with Gasteiger partial charge in [0.05, 0.1) is 17.8 Å². The van der Waals surface area contributed by atoms with Gasteiger partial charge in [0.1, 0.15) is 11.3 Å². The maximum absolute atomic E-state index is 12.6. The van der Waals surface area contributed by atoms with Crippen LogP contribution in [0.3, 0.4) is 0 Å². The van der Waals surface area contributed by atoms with E-state index in [4.69, 9.17) is 4.42 Å². The summed E-state index contributed by atoms with van der Waals surface area (Å²) < 4.78 is 7.62. The van der Waals surface area contributed by atoms with Crippen LogP contribution in [0.2, 0.25) is 0 Å². The fraction of sp³-hybridized carbons (Fsp3) is 0.368. The number of aromatic nitrogens is 2. The van der Waals surface area contributed by atoms with Crippen molar-refractivity contribution >= 4 is 22.6 Å². The Kier molecular flexibility index (Phi) is 3.95. The number of furan rings is 1. The SMILES string of the molecule is C[C@@H](C(=O)N[C@@H]1CCN(c2cnn(C)c2)C1)c1cc2ccccc2o1. The van der Waals surface area contributed by atoms with Gasteiger partial charge in [-0.05, 0) is 25.5 Å². The minimum absolute atomic E-state index is 0.0112. The van der Waals surface area contributed by atoms with Crippen molar-refractivity contribution in [2.75, 3.05) is 18.0 Å². The molecule has 4 rings (SSSR count). The van der Waals surface area contributed by atoms with E-state index in [9.17, 15) is 4.79 Å². The second-order valence-corrected chi connectivity index (χ2v) is 6.72. The van der Waals surface area contributed by atoms with Crippen LogP contribution in [0.15, 0.2) is 47.1 Å². The van der Waals surface area contributed by atoms with E-state index in [1.165, 1.54) is 0 Å². The van der Waals surface area contributed by atoms with Crippen molar-refractivity contribution in [2.45, 2.75) is 25.3 Å². The van der Waals surface area contributed by atoms with Gasteiger partial charge in [-0.15, -0.1) is 0 Å². The maximum Gasteiger partial charge on any atom is 0.230 e. The van der Waals surface area contributed by atoms with Gasteiger partial charge in [-0.25, -0.2) is 0 Å². The average Bonchev–Trinajstić information content (AvgIpc) is 3.32. The molecule has 3 heterocycles. The molecule has 1 N–H and O–H groups in total. The summed E-state index contributed by atoms with van der Waals surface area (Å²) in [6.45, 7) is 3.63. The first kappa shape index (κ1) is 15.7. The Labute approximate surface area is 146 Å². The van der Waals surface area contributed by atoms with Crippen molar-refractivity contribution in [2.24, 2.45) is 7.05 Å². The van der Waals surface area contributed by atoms with E-state index in [-0.39, 0.29) is 17.9 Å². The largest absolute Gasteiger partial charge is 0.460 e. The number of rotatable bonds is 4. The summed E-state index contributed by atoms with van der Waals surface area (Å²) in [7, 11) is 1.91. The minimum Gasteiger partial charge on any atom is -0.460 e. The summed E-state index contributed by atoms with van der Waals surface area (Å²) in [5.41, 5.74) is 1.92. The number of anilines is 1. The molecule has 1 amide bonds. The van der Waals surface area contributed by atoms with Gasteiger partial charge in [0.2, 0.25) is 5.91 Å². The van der Waals surface area contributed by atoms with Crippen molar-refractivity contribution in [3.63, 3.8) is 0 Å². The number of nitrogens with zero attached hydrogens (tertiary/aromatic N) is 3. The first-order valence-electron chi connectivity index (χ1n) is 8.62. The number of carbonyl (C=O) groups excluding carboxylic acids is 1. The molecule has 0 radical (unpaired) electrons. The summed E-state index contributed by atoms with van der Waals surface area (Å²) >= 11 is 0. The highest BCUT2D eigenvalue weighted by atomic mass is 16.3. The van der Waals surface area contributed by atoms with Crippen LogP contribution in [0, 0.1) is 0 Å². The Balaban J connectivity index is 1.40. The number of amides is 1. The predicted molar refractivity (Wildman–Crippen MR) is 96.6 cm³/mol. The number of hydrogen-bond acceptors (Lipinski definition) is 4. The summed E-state index contributed by atoms with van der Waals surface area (Å²) in [6.07, 6.45) is 4.80. The molecule has 0 aliphatic carbocycles. The van der Waals surface area contributed by atoms with Crippen LogP contribution in [-0.2, 0) is 11.8 Å². The molecule has 2 atom stereocenters. The first-order valence-corrected chi connectivity index (χ1v) is 8.62. The van der Waals surface area contributed by atoms with E-state index in [0.29, 0.717) is 5.76 Å². The lowest BCUT2D eigenvalue weighted by molar-refractivity contribution is -0.123. The van der Waals surface area contributed by atoms with Crippen molar-refractivity contribution < 1.29 is 9.21 Å².